The average molecular weight is 309 g/mol. The van der Waals surface area contributed by atoms with Crippen LogP contribution in [0.4, 0.5) is 11.4 Å². The van der Waals surface area contributed by atoms with Crippen molar-refractivity contribution in [3.63, 3.8) is 0 Å². The first kappa shape index (κ1) is 15.6. The van der Waals surface area contributed by atoms with Gasteiger partial charge >= 0.3 is 0 Å². The third-order valence-electron chi connectivity index (χ3n) is 4.83. The number of carbonyl (C=O) groups is 1. The molecule has 120 valence electrons. The maximum atomic E-state index is 11.3. The average Bonchev–Trinajstić information content (AvgIpc) is 2.48. The molecule has 2 aromatic rings. The van der Waals surface area contributed by atoms with Gasteiger partial charge in [-0.15, -0.1) is 0 Å². The van der Waals surface area contributed by atoms with Crippen LogP contribution in [0.5, 0.6) is 5.75 Å². The fraction of sp³-hybridized carbons (Fsp3) is 0.350. The van der Waals surface area contributed by atoms with Crippen molar-refractivity contribution in [2.24, 2.45) is 0 Å². The van der Waals surface area contributed by atoms with Gasteiger partial charge in [0.15, 0.2) is 0 Å². The third kappa shape index (κ3) is 2.61. The highest BCUT2D eigenvalue weighted by Crippen LogP contribution is 2.48. The molecule has 1 unspecified atom stereocenters. The van der Waals surface area contributed by atoms with Gasteiger partial charge in [0.1, 0.15) is 12.0 Å². The number of phenolic OH excluding ortho intramolecular Hbond substituents is 1. The largest absolute Gasteiger partial charge is 0.508 e. The Morgan fingerprint density at radius 1 is 1.22 bits per heavy atom. The van der Waals surface area contributed by atoms with Gasteiger partial charge in [0.05, 0.1) is 0 Å². The fourth-order valence-electron chi connectivity index (χ4n) is 3.81. The van der Waals surface area contributed by atoms with Crippen LogP contribution in [0.1, 0.15) is 54.6 Å². The number of phenols is 1. The molecule has 0 spiro atoms. The van der Waals surface area contributed by atoms with Crippen LogP contribution in [0.15, 0.2) is 36.4 Å². The van der Waals surface area contributed by atoms with Gasteiger partial charge in [-0.3, -0.25) is 4.79 Å². The molecular weight excluding hydrogens is 286 g/mol. The predicted octanol–water partition coefficient (Wildman–Crippen LogP) is 4.94. The Kier molecular flexibility index (Phi) is 3.67. The first-order valence-electron chi connectivity index (χ1n) is 8.02. The molecular formula is C20H23NO2. The molecule has 0 aromatic heterocycles. The van der Waals surface area contributed by atoms with E-state index >= 15 is 0 Å². The number of hydrogen-bond donors (Lipinski definition) is 1. The van der Waals surface area contributed by atoms with Crippen LogP contribution in [0.3, 0.4) is 0 Å². The van der Waals surface area contributed by atoms with Gasteiger partial charge in [0.25, 0.3) is 0 Å². The minimum atomic E-state index is -0.0431. The highest BCUT2D eigenvalue weighted by molar-refractivity contribution is 5.82. The summed E-state index contributed by atoms with van der Waals surface area (Å²) in [6.45, 7) is 8.68. The zero-order chi connectivity index (χ0) is 16.8. The molecule has 23 heavy (non-hydrogen) atoms. The van der Waals surface area contributed by atoms with E-state index in [2.05, 4.69) is 31.7 Å². The normalized spacial score (nSPS) is 19.3. The van der Waals surface area contributed by atoms with E-state index in [-0.39, 0.29) is 11.3 Å². The smallest absolute Gasteiger partial charge is 0.150 e. The van der Waals surface area contributed by atoms with Crippen molar-refractivity contribution in [3.8, 4) is 5.75 Å². The van der Waals surface area contributed by atoms with Crippen molar-refractivity contribution < 1.29 is 9.90 Å². The highest BCUT2D eigenvalue weighted by Gasteiger charge is 2.37. The van der Waals surface area contributed by atoms with Crippen molar-refractivity contribution in [1.82, 2.24) is 0 Å². The number of hydrogen-bond acceptors (Lipinski definition) is 3. The summed E-state index contributed by atoms with van der Waals surface area (Å²) in [5, 5.41) is 9.58. The number of rotatable bonds is 2. The van der Waals surface area contributed by atoms with Crippen molar-refractivity contribution >= 4 is 17.7 Å². The van der Waals surface area contributed by atoms with Crippen molar-refractivity contribution in [3.05, 3.63) is 53.1 Å². The lowest BCUT2D eigenvalue weighted by Crippen LogP contribution is -2.45. The number of carbonyl (C=O) groups excluding carboxylic acids is 1. The zero-order valence-corrected chi connectivity index (χ0v) is 14.1. The Labute approximate surface area is 137 Å². The van der Waals surface area contributed by atoms with Crippen LogP contribution in [0, 0.1) is 6.92 Å². The Balaban J connectivity index is 2.22. The summed E-state index contributed by atoms with van der Waals surface area (Å²) in [6, 6.07) is 11.5. The molecule has 0 saturated heterocycles. The van der Waals surface area contributed by atoms with E-state index in [1.54, 1.807) is 12.1 Å². The van der Waals surface area contributed by atoms with E-state index in [1.165, 1.54) is 5.56 Å². The first-order valence-corrected chi connectivity index (χ1v) is 8.02. The summed E-state index contributed by atoms with van der Waals surface area (Å²) in [4.78, 5) is 13.6. The maximum Gasteiger partial charge on any atom is 0.150 e. The molecule has 3 nitrogen and oxygen atoms in total. The van der Waals surface area contributed by atoms with Crippen molar-refractivity contribution in [1.29, 1.82) is 0 Å². The second kappa shape index (κ2) is 5.41. The lowest BCUT2D eigenvalue weighted by Gasteiger charge is -2.47. The number of benzene rings is 2. The van der Waals surface area contributed by atoms with Crippen molar-refractivity contribution in [2.45, 2.75) is 45.6 Å². The lowest BCUT2D eigenvalue weighted by atomic mass is 9.78. The first-order chi connectivity index (χ1) is 10.8. The minimum Gasteiger partial charge on any atom is -0.508 e. The zero-order valence-electron chi connectivity index (χ0n) is 14.1. The molecule has 1 N–H and O–H groups in total. The molecule has 0 radical (unpaired) electrons. The second-order valence-electron chi connectivity index (χ2n) is 7.15. The molecule has 1 heterocycles. The number of anilines is 2. The van der Waals surface area contributed by atoms with E-state index in [0.29, 0.717) is 5.92 Å². The SMILES string of the molecule is Cc1cc2c(cc1C=O)C(C)CC(C)(C)N2c1ccc(O)cc1. The number of aryl methyl sites for hydroxylation is 1. The topological polar surface area (TPSA) is 40.5 Å². The van der Waals surface area contributed by atoms with Gasteiger partial charge in [-0.05, 0) is 80.6 Å². The van der Waals surface area contributed by atoms with Crippen LogP contribution in [0.25, 0.3) is 0 Å². The maximum absolute atomic E-state index is 11.3. The Bertz CT molecular complexity index is 747. The summed E-state index contributed by atoms with van der Waals surface area (Å²) in [7, 11) is 0. The molecule has 3 heteroatoms. The van der Waals surface area contributed by atoms with E-state index in [0.717, 1.165) is 35.2 Å². The number of aromatic hydroxyl groups is 1. The van der Waals surface area contributed by atoms with Crippen LogP contribution >= 0.6 is 0 Å². The Morgan fingerprint density at radius 3 is 2.48 bits per heavy atom. The summed E-state index contributed by atoms with van der Waals surface area (Å²) < 4.78 is 0. The van der Waals surface area contributed by atoms with Crippen LogP contribution in [-0.2, 0) is 0 Å². The predicted molar refractivity (Wildman–Crippen MR) is 93.9 cm³/mol. The van der Waals surface area contributed by atoms with E-state index in [9.17, 15) is 9.90 Å². The molecule has 1 atom stereocenters. The monoisotopic (exact) mass is 309 g/mol. The highest BCUT2D eigenvalue weighted by atomic mass is 16.3. The molecule has 0 saturated carbocycles. The molecule has 0 amide bonds. The van der Waals surface area contributed by atoms with Gasteiger partial charge in [0, 0.05) is 22.5 Å². The fourth-order valence-corrected chi connectivity index (χ4v) is 3.81. The van der Waals surface area contributed by atoms with Gasteiger partial charge in [0.2, 0.25) is 0 Å². The standard InChI is InChI=1S/C20H23NO2/c1-13-9-19-18(10-15(13)12-22)14(2)11-20(3,4)21(19)16-5-7-17(23)8-6-16/h5-10,12,14,23H,11H2,1-4H3. The molecule has 2 aromatic carbocycles. The minimum absolute atomic E-state index is 0.0431. The van der Waals surface area contributed by atoms with Gasteiger partial charge in [-0.25, -0.2) is 0 Å². The molecule has 0 fully saturated rings. The Morgan fingerprint density at radius 2 is 1.87 bits per heavy atom. The van der Waals surface area contributed by atoms with Crippen molar-refractivity contribution in [2.75, 3.05) is 4.90 Å². The van der Waals surface area contributed by atoms with Crippen LogP contribution in [-0.4, -0.2) is 16.9 Å². The summed E-state index contributed by atoms with van der Waals surface area (Å²) in [5.74, 6) is 0.664. The van der Waals surface area contributed by atoms with Gasteiger partial charge in [-0.2, -0.15) is 0 Å². The Hall–Kier alpha value is -2.29. The van der Waals surface area contributed by atoms with Crippen LogP contribution in [0.2, 0.25) is 0 Å². The second-order valence-corrected chi connectivity index (χ2v) is 7.15. The van der Waals surface area contributed by atoms with E-state index in [1.807, 2.05) is 25.1 Å². The third-order valence-corrected chi connectivity index (χ3v) is 4.83. The molecule has 0 bridgehead atoms. The number of fused-ring (bicyclic) bond motifs is 1. The van der Waals surface area contributed by atoms with Crippen LogP contribution < -0.4 is 4.90 Å². The number of nitrogens with zero attached hydrogens (tertiary/aromatic N) is 1. The van der Waals surface area contributed by atoms with E-state index in [4.69, 9.17) is 0 Å². The van der Waals surface area contributed by atoms with E-state index < -0.39 is 0 Å². The molecule has 1 aliphatic rings. The molecule has 1 aliphatic heterocycles. The van der Waals surface area contributed by atoms with Gasteiger partial charge in [-0.1, -0.05) is 6.92 Å². The number of aldehydes is 1. The lowest BCUT2D eigenvalue weighted by molar-refractivity contribution is 0.112. The quantitative estimate of drug-likeness (QED) is 0.799. The molecule has 3 rings (SSSR count). The molecule has 0 aliphatic carbocycles. The summed E-state index contributed by atoms with van der Waals surface area (Å²) in [6.07, 6.45) is 1.94. The summed E-state index contributed by atoms with van der Waals surface area (Å²) >= 11 is 0. The van der Waals surface area contributed by atoms with Gasteiger partial charge < -0.3 is 10.0 Å². The summed E-state index contributed by atoms with van der Waals surface area (Å²) in [5.41, 5.74) is 5.14.